The standard InChI is InChI=1S/C18H19FN6O2/c1-2-3-10-27-18(26)20-11-13-6-9-15(12-4-7-14(19)8-5-12)21-16(13)17-22-24-25-23-17/h4-9H,2-3,10-11H2,1H3,(H,20,26)(H,22,23,24,25). The SMILES string of the molecule is CCCCOC(=O)NCc1ccc(-c2ccc(F)cc2)nc1-c1nn[nH]n1. The summed E-state index contributed by atoms with van der Waals surface area (Å²) in [5.41, 5.74) is 2.55. The Hall–Kier alpha value is -3.36. The van der Waals surface area contributed by atoms with Crippen LogP contribution in [-0.2, 0) is 11.3 Å². The Morgan fingerprint density at radius 3 is 2.74 bits per heavy atom. The first-order valence-electron chi connectivity index (χ1n) is 8.57. The highest BCUT2D eigenvalue weighted by atomic mass is 19.1. The third-order valence-corrected chi connectivity index (χ3v) is 3.83. The van der Waals surface area contributed by atoms with Crippen molar-refractivity contribution in [3.8, 4) is 22.8 Å². The van der Waals surface area contributed by atoms with Gasteiger partial charge in [0.2, 0.25) is 5.82 Å². The van der Waals surface area contributed by atoms with E-state index in [9.17, 15) is 9.18 Å². The highest BCUT2D eigenvalue weighted by Gasteiger charge is 2.14. The average Bonchev–Trinajstić information content (AvgIpc) is 3.22. The number of rotatable bonds is 7. The van der Waals surface area contributed by atoms with Gasteiger partial charge < -0.3 is 10.1 Å². The Kier molecular flexibility index (Phi) is 6.03. The van der Waals surface area contributed by atoms with Crippen LogP contribution in [0, 0.1) is 5.82 Å². The number of hydrogen-bond acceptors (Lipinski definition) is 6. The molecule has 9 heteroatoms. The summed E-state index contributed by atoms with van der Waals surface area (Å²) in [7, 11) is 0. The molecule has 3 aromatic rings. The number of amides is 1. The van der Waals surface area contributed by atoms with Crippen molar-refractivity contribution < 1.29 is 13.9 Å². The summed E-state index contributed by atoms with van der Waals surface area (Å²) in [5, 5.41) is 16.6. The number of aromatic amines is 1. The molecule has 0 bridgehead atoms. The monoisotopic (exact) mass is 370 g/mol. The van der Waals surface area contributed by atoms with Crippen molar-refractivity contribution in [2.24, 2.45) is 0 Å². The second kappa shape index (κ2) is 8.84. The molecule has 1 aromatic carbocycles. The van der Waals surface area contributed by atoms with Crippen LogP contribution in [0.5, 0.6) is 0 Å². The van der Waals surface area contributed by atoms with Crippen LogP contribution in [0.1, 0.15) is 25.3 Å². The number of unbranched alkanes of at least 4 members (excludes halogenated alkanes) is 1. The largest absolute Gasteiger partial charge is 0.450 e. The zero-order chi connectivity index (χ0) is 19.1. The van der Waals surface area contributed by atoms with Gasteiger partial charge in [0.25, 0.3) is 0 Å². The lowest BCUT2D eigenvalue weighted by molar-refractivity contribution is 0.144. The molecule has 8 nitrogen and oxygen atoms in total. The maximum absolute atomic E-state index is 13.2. The first-order chi connectivity index (χ1) is 13.2. The third-order valence-electron chi connectivity index (χ3n) is 3.83. The molecule has 0 fully saturated rings. The topological polar surface area (TPSA) is 106 Å². The van der Waals surface area contributed by atoms with Gasteiger partial charge in [-0.15, -0.1) is 10.2 Å². The van der Waals surface area contributed by atoms with Crippen LogP contribution < -0.4 is 5.32 Å². The lowest BCUT2D eigenvalue weighted by atomic mass is 10.1. The molecule has 0 saturated heterocycles. The zero-order valence-electron chi connectivity index (χ0n) is 14.8. The molecule has 2 heterocycles. The summed E-state index contributed by atoms with van der Waals surface area (Å²) in [6, 6.07) is 9.61. The van der Waals surface area contributed by atoms with E-state index in [2.05, 4.69) is 30.9 Å². The molecule has 2 N–H and O–H groups in total. The molecule has 1 amide bonds. The van der Waals surface area contributed by atoms with E-state index in [0.29, 0.717) is 29.4 Å². The lowest BCUT2D eigenvalue weighted by Crippen LogP contribution is -2.24. The highest BCUT2D eigenvalue weighted by Crippen LogP contribution is 2.24. The molecule has 3 rings (SSSR count). The number of nitrogens with zero attached hydrogens (tertiary/aromatic N) is 4. The fourth-order valence-corrected chi connectivity index (χ4v) is 2.40. The van der Waals surface area contributed by atoms with Crippen molar-refractivity contribution in [3.05, 3.63) is 47.8 Å². The first-order valence-corrected chi connectivity index (χ1v) is 8.57. The van der Waals surface area contributed by atoms with E-state index in [1.807, 2.05) is 13.0 Å². The van der Waals surface area contributed by atoms with Crippen LogP contribution >= 0.6 is 0 Å². The smallest absolute Gasteiger partial charge is 0.407 e. The molecule has 2 aromatic heterocycles. The van der Waals surface area contributed by atoms with Gasteiger partial charge in [0, 0.05) is 17.7 Å². The normalized spacial score (nSPS) is 10.6. The van der Waals surface area contributed by atoms with Crippen molar-refractivity contribution in [3.63, 3.8) is 0 Å². The number of pyridine rings is 1. The number of hydrogen-bond donors (Lipinski definition) is 2. The lowest BCUT2D eigenvalue weighted by Gasteiger charge is -2.10. The predicted molar refractivity (Wildman–Crippen MR) is 95.9 cm³/mol. The molecule has 0 saturated carbocycles. The quantitative estimate of drug-likeness (QED) is 0.619. The van der Waals surface area contributed by atoms with Crippen LogP contribution in [0.15, 0.2) is 36.4 Å². The molecule has 0 spiro atoms. The molecule has 0 atom stereocenters. The molecule has 0 aliphatic carbocycles. The molecule has 140 valence electrons. The molecule has 27 heavy (non-hydrogen) atoms. The number of tetrazole rings is 1. The van der Waals surface area contributed by atoms with E-state index < -0.39 is 6.09 Å². The number of alkyl carbamates (subject to hydrolysis) is 1. The number of carbonyl (C=O) groups is 1. The Balaban J connectivity index is 1.81. The fraction of sp³-hybridized carbons (Fsp3) is 0.278. The van der Waals surface area contributed by atoms with E-state index >= 15 is 0 Å². The minimum absolute atomic E-state index is 0.200. The van der Waals surface area contributed by atoms with Gasteiger partial charge in [0.15, 0.2) is 0 Å². The van der Waals surface area contributed by atoms with E-state index in [0.717, 1.165) is 18.4 Å². The second-order valence-electron chi connectivity index (χ2n) is 5.79. The van der Waals surface area contributed by atoms with E-state index in [1.54, 1.807) is 18.2 Å². The Bertz CT molecular complexity index is 883. The molecular formula is C18H19FN6O2. The fourth-order valence-electron chi connectivity index (χ4n) is 2.40. The van der Waals surface area contributed by atoms with Crippen LogP contribution in [0.4, 0.5) is 9.18 Å². The second-order valence-corrected chi connectivity index (χ2v) is 5.79. The van der Waals surface area contributed by atoms with Gasteiger partial charge in [0.1, 0.15) is 11.5 Å². The summed E-state index contributed by atoms with van der Waals surface area (Å²) in [6.45, 7) is 2.60. The Morgan fingerprint density at radius 1 is 1.22 bits per heavy atom. The van der Waals surface area contributed by atoms with Crippen LogP contribution in [0.25, 0.3) is 22.8 Å². The summed E-state index contributed by atoms with van der Waals surface area (Å²) >= 11 is 0. The van der Waals surface area contributed by atoms with E-state index in [-0.39, 0.29) is 12.4 Å². The van der Waals surface area contributed by atoms with Crippen LogP contribution in [0.3, 0.4) is 0 Å². The first kappa shape index (κ1) is 18.4. The van der Waals surface area contributed by atoms with Gasteiger partial charge in [-0.1, -0.05) is 19.4 Å². The van der Waals surface area contributed by atoms with Crippen molar-refractivity contribution in [2.75, 3.05) is 6.61 Å². The van der Waals surface area contributed by atoms with Crippen molar-refractivity contribution in [1.82, 2.24) is 30.9 Å². The van der Waals surface area contributed by atoms with Gasteiger partial charge in [0.05, 0.1) is 12.3 Å². The van der Waals surface area contributed by atoms with Crippen molar-refractivity contribution >= 4 is 6.09 Å². The number of benzene rings is 1. The number of aromatic nitrogens is 5. The molecule has 0 unspecified atom stereocenters. The minimum atomic E-state index is -0.495. The number of carbonyl (C=O) groups excluding carboxylic acids is 1. The van der Waals surface area contributed by atoms with Gasteiger partial charge >= 0.3 is 6.09 Å². The minimum Gasteiger partial charge on any atom is -0.450 e. The Morgan fingerprint density at radius 2 is 2.04 bits per heavy atom. The van der Waals surface area contributed by atoms with Crippen LogP contribution in [0.2, 0.25) is 0 Å². The molecule has 0 radical (unpaired) electrons. The predicted octanol–water partition coefficient (Wildman–Crippen LogP) is 3.09. The third kappa shape index (κ3) is 4.84. The average molecular weight is 370 g/mol. The molecular weight excluding hydrogens is 351 g/mol. The maximum atomic E-state index is 13.2. The summed E-state index contributed by atoms with van der Waals surface area (Å²) < 4.78 is 18.2. The number of halogens is 1. The van der Waals surface area contributed by atoms with Crippen molar-refractivity contribution in [2.45, 2.75) is 26.3 Å². The summed E-state index contributed by atoms with van der Waals surface area (Å²) in [4.78, 5) is 16.3. The number of ether oxygens (including phenoxy) is 1. The maximum Gasteiger partial charge on any atom is 0.407 e. The van der Waals surface area contributed by atoms with Gasteiger partial charge in [-0.2, -0.15) is 5.21 Å². The molecule has 0 aliphatic rings. The highest BCUT2D eigenvalue weighted by molar-refractivity contribution is 5.69. The van der Waals surface area contributed by atoms with Gasteiger partial charge in [-0.05, 0) is 42.0 Å². The summed E-state index contributed by atoms with van der Waals surface area (Å²) in [5.74, 6) is -0.0188. The van der Waals surface area contributed by atoms with E-state index in [1.165, 1.54) is 12.1 Å². The summed E-state index contributed by atoms with van der Waals surface area (Å²) in [6.07, 6.45) is 1.27. The number of nitrogens with one attached hydrogen (secondary N) is 2. The Labute approximate surface area is 155 Å². The van der Waals surface area contributed by atoms with Crippen molar-refractivity contribution in [1.29, 1.82) is 0 Å². The number of H-pyrrole nitrogens is 1. The van der Waals surface area contributed by atoms with Crippen LogP contribution in [-0.4, -0.2) is 38.3 Å². The molecule has 0 aliphatic heterocycles. The van der Waals surface area contributed by atoms with E-state index in [4.69, 9.17) is 4.74 Å². The van der Waals surface area contributed by atoms with Gasteiger partial charge in [-0.3, -0.25) is 0 Å². The zero-order valence-corrected chi connectivity index (χ0v) is 14.8. The van der Waals surface area contributed by atoms with Gasteiger partial charge in [-0.25, -0.2) is 14.2 Å².